The van der Waals surface area contributed by atoms with Gasteiger partial charge in [0, 0.05) is 31.2 Å². The summed E-state index contributed by atoms with van der Waals surface area (Å²) in [6, 6.07) is 2.08. The quantitative estimate of drug-likeness (QED) is 0.315. The average molecular weight is 408 g/mol. The molecule has 1 heterocycles. The van der Waals surface area contributed by atoms with Crippen molar-refractivity contribution in [1.29, 1.82) is 0 Å². The largest absolute Gasteiger partial charge is 0.357 e. The van der Waals surface area contributed by atoms with Crippen molar-refractivity contribution in [3.63, 3.8) is 0 Å². The van der Waals surface area contributed by atoms with E-state index in [2.05, 4.69) is 46.8 Å². The first-order chi connectivity index (χ1) is 9.27. The van der Waals surface area contributed by atoms with Crippen LogP contribution in [-0.4, -0.2) is 42.6 Å². The highest BCUT2D eigenvalue weighted by Gasteiger charge is 1.99. The van der Waals surface area contributed by atoms with Crippen LogP contribution in [0.15, 0.2) is 23.5 Å². The minimum Gasteiger partial charge on any atom is -0.357 e. The molecule has 0 spiro atoms. The molecule has 0 atom stereocenters. The fraction of sp³-hybridized carbons (Fsp3) is 0.571. The zero-order valence-electron chi connectivity index (χ0n) is 12.5. The van der Waals surface area contributed by atoms with Crippen molar-refractivity contribution in [2.75, 3.05) is 31.6 Å². The van der Waals surface area contributed by atoms with Crippen molar-refractivity contribution in [1.82, 2.24) is 15.6 Å². The van der Waals surface area contributed by atoms with Crippen LogP contribution in [0.5, 0.6) is 0 Å². The molecule has 0 radical (unpaired) electrons. The molecule has 0 bridgehead atoms. The van der Waals surface area contributed by atoms with Gasteiger partial charge in [0.2, 0.25) is 0 Å². The summed E-state index contributed by atoms with van der Waals surface area (Å²) in [5, 5.41) is 6.62. The number of hydrogen-bond donors (Lipinski definition) is 2. The van der Waals surface area contributed by atoms with E-state index in [0.717, 1.165) is 37.8 Å². The number of aliphatic imine (C=N–C) groups is 1. The topological polar surface area (TPSA) is 49.3 Å². The number of guanidine groups is 1. The van der Waals surface area contributed by atoms with E-state index in [0.29, 0.717) is 0 Å². The van der Waals surface area contributed by atoms with Crippen molar-refractivity contribution >= 4 is 41.7 Å². The third-order valence-corrected chi connectivity index (χ3v) is 3.32. The number of aromatic nitrogens is 1. The van der Waals surface area contributed by atoms with Crippen molar-refractivity contribution in [3.8, 4) is 0 Å². The molecule has 1 aromatic rings. The van der Waals surface area contributed by atoms with E-state index in [9.17, 15) is 0 Å². The van der Waals surface area contributed by atoms with Gasteiger partial charge in [0.05, 0.1) is 6.54 Å². The van der Waals surface area contributed by atoms with Crippen LogP contribution >= 0.6 is 35.7 Å². The maximum Gasteiger partial charge on any atom is 0.191 e. The Morgan fingerprint density at radius 2 is 2.20 bits per heavy atom. The Balaban J connectivity index is 0.00000361. The number of pyridine rings is 1. The minimum atomic E-state index is 0. The molecule has 4 nitrogen and oxygen atoms in total. The Hall–Kier alpha value is -0.500. The van der Waals surface area contributed by atoms with Crippen LogP contribution in [0, 0.1) is 6.92 Å². The molecule has 1 aromatic heterocycles. The van der Waals surface area contributed by atoms with Crippen molar-refractivity contribution in [2.45, 2.75) is 20.3 Å². The van der Waals surface area contributed by atoms with Gasteiger partial charge in [-0.3, -0.25) is 9.98 Å². The molecule has 0 fully saturated rings. The molecular formula is C14H25IN4S. The fourth-order valence-electron chi connectivity index (χ4n) is 1.69. The molecule has 0 amide bonds. The molecule has 0 aliphatic carbocycles. The number of nitrogens with one attached hydrogen (secondary N) is 2. The Morgan fingerprint density at radius 1 is 1.40 bits per heavy atom. The van der Waals surface area contributed by atoms with Crippen molar-refractivity contribution < 1.29 is 0 Å². The first-order valence-corrected chi connectivity index (χ1v) is 8.08. The van der Waals surface area contributed by atoms with Crippen LogP contribution in [0.1, 0.15) is 18.1 Å². The molecule has 1 rings (SSSR count). The summed E-state index contributed by atoms with van der Waals surface area (Å²) in [4.78, 5) is 8.63. The van der Waals surface area contributed by atoms with Gasteiger partial charge in [-0.05, 0) is 43.7 Å². The molecule has 2 N–H and O–H groups in total. The van der Waals surface area contributed by atoms with E-state index in [1.54, 1.807) is 0 Å². The van der Waals surface area contributed by atoms with Crippen LogP contribution in [0.25, 0.3) is 0 Å². The number of hydrogen-bond acceptors (Lipinski definition) is 3. The minimum absolute atomic E-state index is 0. The summed E-state index contributed by atoms with van der Waals surface area (Å²) in [6.45, 7) is 6.80. The van der Waals surface area contributed by atoms with Gasteiger partial charge in [-0.2, -0.15) is 11.8 Å². The molecule has 20 heavy (non-hydrogen) atoms. The lowest BCUT2D eigenvalue weighted by Crippen LogP contribution is -2.38. The van der Waals surface area contributed by atoms with Crippen LogP contribution in [0.3, 0.4) is 0 Å². The lowest BCUT2D eigenvalue weighted by molar-refractivity contribution is 0.800. The molecular weight excluding hydrogens is 383 g/mol. The maximum absolute atomic E-state index is 4.52. The maximum atomic E-state index is 4.52. The molecule has 0 unspecified atom stereocenters. The first-order valence-electron chi connectivity index (χ1n) is 6.68. The van der Waals surface area contributed by atoms with E-state index in [1.165, 1.54) is 11.1 Å². The second-order valence-corrected chi connectivity index (χ2v) is 5.22. The standard InChI is InChI=1S/C14H24N4S.HI/c1-4-16-14(18-9-10-19-3)17-8-6-13-5-7-15-11-12(13)2;/h5,7,11H,4,6,8-10H2,1-3H3,(H2,16,17,18);1H. The van der Waals surface area contributed by atoms with E-state index in [4.69, 9.17) is 0 Å². The summed E-state index contributed by atoms with van der Waals surface area (Å²) < 4.78 is 0. The molecule has 114 valence electrons. The van der Waals surface area contributed by atoms with E-state index in [1.807, 2.05) is 24.2 Å². The summed E-state index contributed by atoms with van der Waals surface area (Å²) in [5.74, 6) is 1.96. The summed E-state index contributed by atoms with van der Waals surface area (Å²) in [7, 11) is 0. The zero-order chi connectivity index (χ0) is 13.9. The number of aryl methyl sites for hydroxylation is 1. The van der Waals surface area contributed by atoms with Crippen LogP contribution in [0.4, 0.5) is 0 Å². The molecule has 0 aromatic carbocycles. The molecule has 6 heteroatoms. The summed E-state index contributed by atoms with van der Waals surface area (Å²) in [6.07, 6.45) is 6.84. The Morgan fingerprint density at radius 3 is 2.85 bits per heavy atom. The Kier molecular flexibility index (Phi) is 12.0. The van der Waals surface area contributed by atoms with E-state index in [-0.39, 0.29) is 24.0 Å². The van der Waals surface area contributed by atoms with Gasteiger partial charge >= 0.3 is 0 Å². The number of nitrogens with zero attached hydrogens (tertiary/aromatic N) is 2. The van der Waals surface area contributed by atoms with Crippen molar-refractivity contribution in [2.24, 2.45) is 4.99 Å². The van der Waals surface area contributed by atoms with Crippen LogP contribution < -0.4 is 10.6 Å². The molecule has 0 aliphatic rings. The van der Waals surface area contributed by atoms with Gasteiger partial charge < -0.3 is 10.6 Å². The molecule has 0 aliphatic heterocycles. The third kappa shape index (κ3) is 7.94. The number of halogens is 1. The second-order valence-electron chi connectivity index (χ2n) is 4.23. The fourth-order valence-corrected chi connectivity index (χ4v) is 1.96. The Labute approximate surface area is 143 Å². The third-order valence-electron chi connectivity index (χ3n) is 2.73. The first kappa shape index (κ1) is 19.5. The lowest BCUT2D eigenvalue weighted by Gasteiger charge is -2.11. The smallest absolute Gasteiger partial charge is 0.191 e. The normalized spacial score (nSPS) is 10.8. The lowest BCUT2D eigenvalue weighted by atomic mass is 10.1. The predicted molar refractivity (Wildman–Crippen MR) is 100 cm³/mol. The van der Waals surface area contributed by atoms with Gasteiger partial charge in [0.1, 0.15) is 0 Å². The summed E-state index contributed by atoms with van der Waals surface area (Å²) >= 11 is 1.81. The van der Waals surface area contributed by atoms with E-state index >= 15 is 0 Å². The highest BCUT2D eigenvalue weighted by molar-refractivity contribution is 14.0. The highest BCUT2D eigenvalue weighted by atomic mass is 127. The van der Waals surface area contributed by atoms with Gasteiger partial charge in [-0.15, -0.1) is 24.0 Å². The second kappa shape index (κ2) is 12.3. The van der Waals surface area contributed by atoms with E-state index < -0.39 is 0 Å². The van der Waals surface area contributed by atoms with Crippen molar-refractivity contribution in [3.05, 3.63) is 29.6 Å². The summed E-state index contributed by atoms with van der Waals surface area (Å²) in [5.41, 5.74) is 2.58. The number of rotatable bonds is 7. The van der Waals surface area contributed by atoms with Gasteiger partial charge in [0.15, 0.2) is 5.96 Å². The van der Waals surface area contributed by atoms with Crippen LogP contribution in [-0.2, 0) is 6.42 Å². The van der Waals surface area contributed by atoms with Gasteiger partial charge in [-0.25, -0.2) is 0 Å². The SMILES string of the molecule is CCNC(=NCCSC)NCCc1ccncc1C.I. The predicted octanol–water partition coefficient (Wildman–Crippen LogP) is 2.47. The highest BCUT2D eigenvalue weighted by Crippen LogP contribution is 2.04. The average Bonchev–Trinajstić information content (AvgIpc) is 2.41. The molecule has 0 saturated heterocycles. The number of thioether (sulfide) groups is 1. The van der Waals surface area contributed by atoms with Crippen LogP contribution in [0.2, 0.25) is 0 Å². The van der Waals surface area contributed by atoms with Gasteiger partial charge in [0.25, 0.3) is 0 Å². The Bertz CT molecular complexity index is 399. The zero-order valence-corrected chi connectivity index (χ0v) is 15.6. The molecule has 0 saturated carbocycles. The van der Waals surface area contributed by atoms with Gasteiger partial charge in [-0.1, -0.05) is 0 Å². The monoisotopic (exact) mass is 408 g/mol.